The Balaban J connectivity index is 2.26. The van der Waals surface area contributed by atoms with Crippen molar-refractivity contribution in [1.29, 1.82) is 0 Å². The fourth-order valence-corrected chi connectivity index (χ4v) is 4.57. The molecule has 0 saturated carbocycles. The van der Waals surface area contributed by atoms with Gasteiger partial charge in [0.15, 0.2) is 0 Å². The van der Waals surface area contributed by atoms with Gasteiger partial charge in [-0.1, -0.05) is 56.2 Å². The number of hydrogen-bond acceptors (Lipinski definition) is 5. The number of carbonyl (C=O) groups is 2. The van der Waals surface area contributed by atoms with Gasteiger partial charge in [-0.25, -0.2) is 18.4 Å². The lowest BCUT2D eigenvalue weighted by Crippen LogP contribution is -2.57. The third-order valence-corrected chi connectivity index (χ3v) is 6.55. The number of hydrazine groups is 2. The van der Waals surface area contributed by atoms with Gasteiger partial charge in [-0.15, -0.1) is 0 Å². The lowest BCUT2D eigenvalue weighted by atomic mass is 10.00. The minimum absolute atomic E-state index is 0.166. The van der Waals surface area contributed by atoms with Gasteiger partial charge in [-0.2, -0.15) is 4.83 Å². The molecule has 1 aliphatic heterocycles. The van der Waals surface area contributed by atoms with E-state index in [-0.39, 0.29) is 6.42 Å². The minimum Gasteiger partial charge on any atom is -0.270 e. The maximum atomic E-state index is 13.5. The number of nitrogens with one attached hydrogen (secondary N) is 1. The Labute approximate surface area is 163 Å². The molecule has 0 aromatic heterocycles. The summed E-state index contributed by atoms with van der Waals surface area (Å²) in [5.74, 6) is 3.56. The molecule has 0 spiro atoms. The molecule has 0 atom stereocenters. The largest absolute Gasteiger partial charge is 0.279 e. The molecule has 1 saturated heterocycles. The Morgan fingerprint density at radius 1 is 0.893 bits per heavy atom. The maximum absolute atomic E-state index is 13.5. The van der Waals surface area contributed by atoms with Crippen LogP contribution in [0.15, 0.2) is 60.7 Å². The van der Waals surface area contributed by atoms with Crippen LogP contribution in [-0.2, 0) is 19.6 Å². The highest BCUT2D eigenvalue weighted by Crippen LogP contribution is 2.40. The van der Waals surface area contributed by atoms with Gasteiger partial charge in [-0.05, 0) is 30.7 Å². The molecule has 2 amide bonds. The number of anilines is 2. The maximum Gasteiger partial charge on any atom is 0.279 e. The van der Waals surface area contributed by atoms with Crippen molar-refractivity contribution in [1.82, 2.24) is 4.83 Å². The van der Waals surface area contributed by atoms with Gasteiger partial charge in [0.2, 0.25) is 14.8 Å². The summed E-state index contributed by atoms with van der Waals surface area (Å²) in [6.07, 6.45) is 0.809. The molecule has 8 nitrogen and oxygen atoms in total. The highest BCUT2D eigenvalue weighted by Gasteiger charge is 2.66. The predicted molar refractivity (Wildman–Crippen MR) is 106 cm³/mol. The van der Waals surface area contributed by atoms with Crippen molar-refractivity contribution < 1.29 is 18.0 Å². The van der Waals surface area contributed by atoms with Crippen LogP contribution in [0.4, 0.5) is 11.4 Å². The molecule has 1 fully saturated rings. The summed E-state index contributed by atoms with van der Waals surface area (Å²) in [6, 6.07) is 16.9. The molecule has 1 heterocycles. The van der Waals surface area contributed by atoms with Crippen molar-refractivity contribution in [2.75, 3.05) is 10.0 Å². The Morgan fingerprint density at radius 2 is 1.32 bits per heavy atom. The van der Waals surface area contributed by atoms with E-state index in [9.17, 15) is 18.0 Å². The SMILES string of the molecule is CCCCC1(S(=O)(=O)NN)C(=O)N(c2ccccc2)N(c2ccccc2)C1=O. The van der Waals surface area contributed by atoms with Gasteiger partial charge >= 0.3 is 0 Å². The zero-order valence-electron chi connectivity index (χ0n) is 15.4. The van der Waals surface area contributed by atoms with Crippen molar-refractivity contribution >= 4 is 33.2 Å². The smallest absolute Gasteiger partial charge is 0.270 e. The molecule has 0 radical (unpaired) electrons. The second-order valence-corrected chi connectivity index (χ2v) is 8.40. The molecule has 3 N–H and O–H groups in total. The third kappa shape index (κ3) is 2.97. The van der Waals surface area contributed by atoms with Crippen LogP contribution in [0, 0.1) is 0 Å². The summed E-state index contributed by atoms with van der Waals surface area (Å²) < 4.78 is 23.4. The minimum atomic E-state index is -4.47. The topological polar surface area (TPSA) is 113 Å². The van der Waals surface area contributed by atoms with E-state index >= 15 is 0 Å². The average Bonchev–Trinajstić information content (AvgIpc) is 2.95. The molecule has 0 unspecified atom stereocenters. The molecule has 9 heteroatoms. The predicted octanol–water partition coefficient (Wildman–Crippen LogP) is 1.70. The molecular weight excluding hydrogens is 380 g/mol. The van der Waals surface area contributed by atoms with E-state index in [0.717, 1.165) is 10.0 Å². The van der Waals surface area contributed by atoms with Gasteiger partial charge in [0.1, 0.15) is 0 Å². The zero-order valence-corrected chi connectivity index (χ0v) is 16.2. The van der Waals surface area contributed by atoms with Crippen LogP contribution in [0.3, 0.4) is 0 Å². The molecule has 0 bridgehead atoms. The Hall–Kier alpha value is -2.75. The van der Waals surface area contributed by atoms with Crippen molar-refractivity contribution in [2.24, 2.45) is 5.84 Å². The Bertz CT molecular complexity index is 906. The monoisotopic (exact) mass is 402 g/mol. The van der Waals surface area contributed by atoms with Crippen LogP contribution >= 0.6 is 0 Å². The standard InChI is InChI=1S/C19H22N4O4S/c1-2-3-14-19(28(26,27)21-20)17(24)22(15-10-6-4-7-11-15)23(18(19)25)16-12-8-5-9-13-16/h4-13,21H,2-3,14,20H2,1H3. The van der Waals surface area contributed by atoms with Gasteiger partial charge in [0, 0.05) is 0 Å². The molecule has 2 aromatic rings. The Morgan fingerprint density at radius 3 is 1.68 bits per heavy atom. The van der Waals surface area contributed by atoms with Crippen molar-refractivity contribution in [2.45, 2.75) is 30.9 Å². The number of benzene rings is 2. The van der Waals surface area contributed by atoms with E-state index in [0.29, 0.717) is 24.2 Å². The summed E-state index contributed by atoms with van der Waals surface area (Å²) in [5, 5.41) is 2.23. The first kappa shape index (κ1) is 20.0. The van der Waals surface area contributed by atoms with Crippen molar-refractivity contribution in [3.8, 4) is 0 Å². The normalized spacial score (nSPS) is 16.6. The Kier molecular flexibility index (Phi) is 5.50. The number of rotatable bonds is 7. The molecule has 148 valence electrons. The quantitative estimate of drug-likeness (QED) is 0.416. The van der Waals surface area contributed by atoms with Crippen LogP contribution in [0.2, 0.25) is 0 Å². The lowest BCUT2D eigenvalue weighted by Gasteiger charge is -2.27. The number of para-hydroxylation sites is 2. The van der Waals surface area contributed by atoms with Gasteiger partial charge in [0.25, 0.3) is 11.8 Å². The number of nitrogens with two attached hydrogens (primary N) is 1. The third-order valence-electron chi connectivity index (χ3n) is 4.77. The fraction of sp³-hybridized carbons (Fsp3) is 0.263. The van der Waals surface area contributed by atoms with E-state index in [1.165, 1.54) is 0 Å². The van der Waals surface area contributed by atoms with E-state index < -0.39 is 26.6 Å². The number of hydrogen-bond donors (Lipinski definition) is 2. The van der Waals surface area contributed by atoms with Crippen LogP contribution in [0.25, 0.3) is 0 Å². The van der Waals surface area contributed by atoms with E-state index in [2.05, 4.69) is 0 Å². The van der Waals surface area contributed by atoms with Crippen molar-refractivity contribution in [3.05, 3.63) is 60.7 Å². The number of amides is 2. The van der Waals surface area contributed by atoms with Gasteiger partial charge in [0.05, 0.1) is 11.4 Å². The molecular formula is C19H22N4O4S. The number of sulfonamides is 1. The van der Waals surface area contributed by atoms with Crippen molar-refractivity contribution in [3.63, 3.8) is 0 Å². The highest BCUT2D eigenvalue weighted by molar-refractivity contribution is 7.92. The molecule has 0 aliphatic carbocycles. The van der Waals surface area contributed by atoms with Crippen LogP contribution < -0.4 is 20.7 Å². The second kappa shape index (κ2) is 7.70. The number of nitrogens with zero attached hydrogens (tertiary/aromatic N) is 2. The van der Waals surface area contributed by atoms with Crippen LogP contribution in [0.1, 0.15) is 26.2 Å². The molecule has 28 heavy (non-hydrogen) atoms. The van der Waals surface area contributed by atoms with E-state index in [1.54, 1.807) is 65.5 Å². The van der Waals surface area contributed by atoms with Gasteiger partial charge < -0.3 is 0 Å². The zero-order chi connectivity index (χ0) is 20.4. The van der Waals surface area contributed by atoms with Crippen LogP contribution in [-0.4, -0.2) is 25.0 Å². The molecule has 1 aliphatic rings. The number of unbranched alkanes of at least 4 members (excludes halogenated alkanes) is 1. The first-order valence-corrected chi connectivity index (χ1v) is 10.4. The summed E-state index contributed by atoms with van der Waals surface area (Å²) in [6.45, 7) is 1.85. The molecule has 2 aromatic carbocycles. The first-order valence-electron chi connectivity index (χ1n) is 8.91. The summed E-state index contributed by atoms with van der Waals surface area (Å²) >= 11 is 0. The second-order valence-electron chi connectivity index (χ2n) is 6.46. The van der Waals surface area contributed by atoms with Gasteiger partial charge in [-0.3, -0.25) is 15.4 Å². The summed E-state index contributed by atoms with van der Waals surface area (Å²) in [5.41, 5.74) is 0.769. The highest BCUT2D eigenvalue weighted by atomic mass is 32.2. The lowest BCUT2D eigenvalue weighted by molar-refractivity contribution is -0.125. The van der Waals surface area contributed by atoms with E-state index in [4.69, 9.17) is 5.84 Å². The average molecular weight is 402 g/mol. The number of carbonyl (C=O) groups excluding carboxylic acids is 2. The summed E-state index contributed by atoms with van der Waals surface area (Å²) in [7, 11) is -4.47. The summed E-state index contributed by atoms with van der Waals surface area (Å²) in [4.78, 5) is 28.8. The molecule has 3 rings (SSSR count). The van der Waals surface area contributed by atoms with E-state index in [1.807, 2.05) is 6.92 Å². The first-order chi connectivity index (χ1) is 13.4. The fourth-order valence-electron chi connectivity index (χ4n) is 3.32. The van der Waals surface area contributed by atoms with Crippen LogP contribution in [0.5, 0.6) is 0 Å².